The van der Waals surface area contributed by atoms with Crippen LogP contribution in [0.15, 0.2) is 72.9 Å². The molecule has 0 bridgehead atoms. The molecule has 0 amide bonds. The third-order valence-corrected chi connectivity index (χ3v) is 8.47. The molecule has 1 saturated heterocycles. The van der Waals surface area contributed by atoms with Crippen molar-refractivity contribution in [3.63, 3.8) is 0 Å². The van der Waals surface area contributed by atoms with Gasteiger partial charge in [0.1, 0.15) is 12.4 Å². The van der Waals surface area contributed by atoms with E-state index in [1.165, 1.54) is 11.3 Å². The number of hydrogen-bond acceptors (Lipinski definition) is 5. The van der Waals surface area contributed by atoms with E-state index in [1.54, 1.807) is 7.11 Å². The number of rotatable bonds is 11. The van der Waals surface area contributed by atoms with E-state index in [4.69, 9.17) is 38.3 Å². The van der Waals surface area contributed by atoms with E-state index in [2.05, 4.69) is 77.7 Å². The monoisotopic (exact) mass is 603 g/mol. The number of ether oxygens (including phenoxy) is 2. The first-order chi connectivity index (χ1) is 20.4. The highest BCUT2D eigenvalue weighted by atomic mass is 35.5. The summed E-state index contributed by atoms with van der Waals surface area (Å²) in [5.74, 6) is 0.611. The van der Waals surface area contributed by atoms with Crippen molar-refractivity contribution >= 4 is 40.3 Å². The van der Waals surface area contributed by atoms with E-state index in [-0.39, 0.29) is 12.1 Å². The van der Waals surface area contributed by atoms with Crippen molar-refractivity contribution in [1.82, 2.24) is 14.9 Å². The van der Waals surface area contributed by atoms with Crippen LogP contribution in [0, 0.1) is 13.8 Å². The van der Waals surface area contributed by atoms with Gasteiger partial charge in [-0.25, -0.2) is 0 Å². The van der Waals surface area contributed by atoms with Crippen LogP contribution in [0.1, 0.15) is 48.6 Å². The summed E-state index contributed by atoms with van der Waals surface area (Å²) in [6.45, 7) is 11.6. The van der Waals surface area contributed by atoms with E-state index >= 15 is 0 Å². The molecular weight excluding hydrogens is 566 g/mol. The quantitative estimate of drug-likeness (QED) is 0.144. The fourth-order valence-corrected chi connectivity index (χ4v) is 6.40. The van der Waals surface area contributed by atoms with Crippen LogP contribution in [0.5, 0.6) is 5.75 Å². The molecule has 2 aromatic carbocycles. The predicted molar refractivity (Wildman–Crippen MR) is 176 cm³/mol. The Bertz CT molecular complexity index is 1520. The molecule has 9 heteroatoms. The summed E-state index contributed by atoms with van der Waals surface area (Å²) < 4.78 is 13.2. The van der Waals surface area contributed by atoms with Crippen LogP contribution in [0.3, 0.4) is 0 Å². The van der Waals surface area contributed by atoms with Crippen molar-refractivity contribution in [3.05, 3.63) is 101 Å². The number of halogens is 1. The Hall–Kier alpha value is -3.59. The van der Waals surface area contributed by atoms with Gasteiger partial charge in [0.15, 0.2) is 5.11 Å². The number of methoxy groups -OCH3 is 1. The number of hydrogen-bond donors (Lipinski definition) is 1. The summed E-state index contributed by atoms with van der Waals surface area (Å²) in [6, 6.07) is 22.5. The number of aromatic nitrogens is 2. The molecule has 3 heterocycles. The highest BCUT2D eigenvalue weighted by molar-refractivity contribution is 7.80. The molecular formula is C33H38ClN5O2S. The maximum absolute atomic E-state index is 6.70. The number of anilines is 2. The van der Waals surface area contributed by atoms with Crippen molar-refractivity contribution in [2.45, 2.75) is 39.8 Å². The van der Waals surface area contributed by atoms with Crippen LogP contribution in [0.2, 0.25) is 5.02 Å². The Labute approximate surface area is 259 Å². The van der Waals surface area contributed by atoms with Crippen molar-refractivity contribution in [2.75, 3.05) is 43.2 Å². The Morgan fingerprint density at radius 1 is 0.976 bits per heavy atom. The summed E-state index contributed by atoms with van der Waals surface area (Å²) in [6.07, 6.45) is 1.82. The number of thiocarbonyl (C=S) groups is 1. The minimum atomic E-state index is -0.158. The Morgan fingerprint density at radius 2 is 1.71 bits per heavy atom. The zero-order valence-corrected chi connectivity index (χ0v) is 26.4. The maximum atomic E-state index is 6.70. The van der Waals surface area contributed by atoms with Gasteiger partial charge in [-0.05, 0) is 106 Å². The minimum absolute atomic E-state index is 0.154. The Morgan fingerprint density at radius 3 is 2.36 bits per heavy atom. The fourth-order valence-electron chi connectivity index (χ4n) is 5.83. The summed E-state index contributed by atoms with van der Waals surface area (Å²) in [5.41, 5.74) is 7.62. The smallest absolute Gasteiger partial charge is 0.174 e. The van der Waals surface area contributed by atoms with Crippen molar-refractivity contribution in [1.29, 1.82) is 0 Å². The molecule has 1 aliphatic rings. The average Bonchev–Trinajstić information content (AvgIpc) is 3.50. The van der Waals surface area contributed by atoms with Crippen molar-refractivity contribution in [3.8, 4) is 11.4 Å². The predicted octanol–water partition coefficient (Wildman–Crippen LogP) is 7.19. The van der Waals surface area contributed by atoms with Crippen LogP contribution in [0.25, 0.3) is 5.69 Å². The number of benzene rings is 2. The molecule has 0 radical (unpaired) electrons. The summed E-state index contributed by atoms with van der Waals surface area (Å²) in [5, 5.41) is 4.70. The number of aryl methyl sites for hydroxylation is 1. The summed E-state index contributed by atoms with van der Waals surface area (Å²) in [7, 11) is 1.64. The molecule has 2 atom stereocenters. The third kappa shape index (κ3) is 5.84. The van der Waals surface area contributed by atoms with Crippen LogP contribution < -0.4 is 19.9 Å². The molecule has 7 nitrogen and oxygen atoms in total. The molecule has 4 aromatic rings. The number of nitrogens with zero attached hydrogens (tertiary/aromatic N) is 4. The molecule has 1 aliphatic heterocycles. The lowest BCUT2D eigenvalue weighted by Gasteiger charge is -2.28. The van der Waals surface area contributed by atoms with Gasteiger partial charge in [0.25, 0.3) is 0 Å². The fraction of sp³-hybridized carbons (Fsp3) is 0.333. The normalized spacial score (nSPS) is 16.5. The van der Waals surface area contributed by atoms with Gasteiger partial charge in [0.05, 0.1) is 29.4 Å². The van der Waals surface area contributed by atoms with E-state index in [0.717, 1.165) is 41.5 Å². The zero-order valence-electron chi connectivity index (χ0n) is 24.8. The van der Waals surface area contributed by atoms with Gasteiger partial charge in [-0.2, -0.15) is 0 Å². The highest BCUT2D eigenvalue weighted by Gasteiger charge is 2.42. The minimum Gasteiger partial charge on any atom is -0.490 e. The Balaban J connectivity index is 1.57. The Kier molecular flexibility index (Phi) is 9.36. The molecule has 220 valence electrons. The first-order valence-electron chi connectivity index (χ1n) is 14.3. The second-order valence-electron chi connectivity index (χ2n) is 10.3. The lowest BCUT2D eigenvalue weighted by molar-refractivity contribution is 0.146. The maximum Gasteiger partial charge on any atom is 0.174 e. The lowest BCUT2D eigenvalue weighted by atomic mass is 9.96. The molecule has 1 N–H and O–H groups in total. The van der Waals surface area contributed by atoms with Gasteiger partial charge in [-0.15, -0.1) is 0 Å². The first-order valence-corrected chi connectivity index (χ1v) is 15.1. The molecule has 0 spiro atoms. The van der Waals surface area contributed by atoms with E-state index in [0.29, 0.717) is 29.1 Å². The van der Waals surface area contributed by atoms with Crippen molar-refractivity contribution in [2.24, 2.45) is 0 Å². The van der Waals surface area contributed by atoms with Gasteiger partial charge in [-0.3, -0.25) is 4.98 Å². The van der Waals surface area contributed by atoms with Gasteiger partial charge < -0.3 is 29.2 Å². The average molecular weight is 604 g/mol. The molecule has 0 aliphatic carbocycles. The molecule has 42 heavy (non-hydrogen) atoms. The topological polar surface area (TPSA) is 54.8 Å². The highest BCUT2D eigenvalue weighted by Crippen LogP contribution is 2.45. The number of pyridine rings is 1. The number of nitrogens with one attached hydrogen (secondary N) is 1. The van der Waals surface area contributed by atoms with E-state index < -0.39 is 0 Å². The molecule has 0 unspecified atom stereocenters. The van der Waals surface area contributed by atoms with Gasteiger partial charge in [0, 0.05) is 54.8 Å². The summed E-state index contributed by atoms with van der Waals surface area (Å²) in [4.78, 5) is 9.21. The second-order valence-corrected chi connectivity index (χ2v) is 11.1. The van der Waals surface area contributed by atoms with E-state index in [1.807, 2.05) is 42.6 Å². The van der Waals surface area contributed by atoms with Gasteiger partial charge in [0.2, 0.25) is 0 Å². The van der Waals surface area contributed by atoms with Crippen molar-refractivity contribution < 1.29 is 9.47 Å². The molecule has 1 fully saturated rings. The summed E-state index contributed by atoms with van der Waals surface area (Å²) >= 11 is 12.7. The molecule has 0 saturated carbocycles. The van der Waals surface area contributed by atoms with Crippen LogP contribution in [0.4, 0.5) is 11.4 Å². The van der Waals surface area contributed by atoms with Crippen LogP contribution in [-0.4, -0.2) is 48.1 Å². The van der Waals surface area contributed by atoms with Crippen LogP contribution in [-0.2, 0) is 4.74 Å². The molecule has 5 rings (SSSR count). The first kappa shape index (κ1) is 29.9. The van der Waals surface area contributed by atoms with Gasteiger partial charge >= 0.3 is 0 Å². The van der Waals surface area contributed by atoms with Crippen LogP contribution >= 0.6 is 23.8 Å². The largest absolute Gasteiger partial charge is 0.490 e. The molecule has 2 aromatic heterocycles. The van der Waals surface area contributed by atoms with E-state index in [9.17, 15) is 0 Å². The van der Waals surface area contributed by atoms with Gasteiger partial charge in [-0.1, -0.05) is 17.7 Å². The SMILES string of the molecule is CCN(CC)c1ccc(-n2c(C)cc([C@@H]3[C@H](c4ccccn4)NC(=S)N3c3ccc(OCCOC)c(Cl)c3)c2C)cc1. The second kappa shape index (κ2) is 13.2. The third-order valence-electron chi connectivity index (χ3n) is 7.86. The zero-order chi connectivity index (χ0) is 29.8. The lowest BCUT2D eigenvalue weighted by Crippen LogP contribution is -2.29. The standard InChI is InChI=1S/C33H38ClN5O2S/c1-6-37(7-2)24-11-13-25(14-12-24)38-22(3)20-27(23(38)4)32-31(29-10-8-9-17-35-29)36-33(42)39(32)26-15-16-30(28(34)21-26)41-19-18-40-5/h8-17,20-21,31-32H,6-7,18-19H2,1-5H3,(H,36,42)/t31-,32+/m0/s1.